The number of piperazine rings is 1. The molecule has 1 heterocycles. The molecule has 6 heteroatoms. The van der Waals surface area contributed by atoms with Gasteiger partial charge in [0.2, 0.25) is 0 Å². The molecule has 3 aromatic rings. The van der Waals surface area contributed by atoms with Crippen LogP contribution in [0.1, 0.15) is 25.0 Å². The summed E-state index contributed by atoms with van der Waals surface area (Å²) in [6, 6.07) is 23.5. The Bertz CT molecular complexity index is 1080. The predicted molar refractivity (Wildman–Crippen MR) is 143 cm³/mol. The van der Waals surface area contributed by atoms with E-state index in [0.29, 0.717) is 0 Å². The van der Waals surface area contributed by atoms with Gasteiger partial charge in [-0.2, -0.15) is 0 Å². The molecule has 0 bridgehead atoms. The van der Waals surface area contributed by atoms with Crippen molar-refractivity contribution in [1.82, 2.24) is 4.90 Å². The number of ether oxygens (including phenoxy) is 2. The molecule has 1 aliphatic rings. The molecular weight excluding hydrogens is 442 g/mol. The average molecular weight is 478 g/mol. The first kappa shape index (κ1) is 24.3. The Balaban J connectivity index is 1.35. The number of anilines is 2. The molecule has 0 aliphatic carbocycles. The number of hydrogen-bond donors (Lipinski definition) is 1. The monoisotopic (exact) mass is 477 g/mol. The van der Waals surface area contributed by atoms with Crippen LogP contribution < -0.4 is 19.1 Å². The highest BCUT2D eigenvalue weighted by atomic mass is 32.2. The van der Waals surface area contributed by atoms with Crippen LogP contribution in [0.3, 0.4) is 0 Å². The molecule has 0 amide bonds. The summed E-state index contributed by atoms with van der Waals surface area (Å²) in [4.78, 5) is 6.25. The van der Waals surface area contributed by atoms with Crippen molar-refractivity contribution in [2.75, 3.05) is 43.5 Å². The molecule has 0 spiro atoms. The second-order valence-electron chi connectivity index (χ2n) is 9.41. The largest absolute Gasteiger partial charge is 0.493 e. The highest BCUT2D eigenvalue weighted by Gasteiger charge is 2.33. The topological polar surface area (TPSA) is 37.0 Å². The first-order chi connectivity index (χ1) is 16.4. The van der Waals surface area contributed by atoms with E-state index >= 15 is 0 Å². The second-order valence-corrected chi connectivity index (χ2v) is 10.3. The van der Waals surface area contributed by atoms with Crippen LogP contribution >= 0.6 is 11.9 Å². The molecule has 5 nitrogen and oxygen atoms in total. The molecule has 0 aromatic heterocycles. The van der Waals surface area contributed by atoms with Gasteiger partial charge in [0.1, 0.15) is 0 Å². The highest BCUT2D eigenvalue weighted by Crippen LogP contribution is 2.32. The van der Waals surface area contributed by atoms with E-state index < -0.39 is 0 Å². The van der Waals surface area contributed by atoms with Crippen molar-refractivity contribution in [3.05, 3.63) is 77.9 Å². The van der Waals surface area contributed by atoms with E-state index in [-0.39, 0.29) is 5.54 Å². The molecule has 3 aromatic carbocycles. The van der Waals surface area contributed by atoms with E-state index in [4.69, 9.17) is 9.47 Å². The number of methoxy groups -OCH3 is 2. The summed E-state index contributed by atoms with van der Waals surface area (Å²) >= 11 is 1.64. The Morgan fingerprint density at radius 3 is 2.24 bits per heavy atom. The molecule has 34 heavy (non-hydrogen) atoms. The van der Waals surface area contributed by atoms with E-state index in [1.165, 1.54) is 21.7 Å². The summed E-state index contributed by atoms with van der Waals surface area (Å²) in [7, 11) is 3.36. The van der Waals surface area contributed by atoms with Crippen LogP contribution in [0.15, 0.2) is 71.6 Å². The number of hydrogen-bond acceptors (Lipinski definition) is 6. The van der Waals surface area contributed by atoms with Gasteiger partial charge in [-0.3, -0.25) is 4.90 Å². The van der Waals surface area contributed by atoms with E-state index in [1.807, 2.05) is 6.07 Å². The molecule has 0 saturated carbocycles. The third kappa shape index (κ3) is 5.80. The maximum absolute atomic E-state index is 5.49. The SMILES string of the molecule is COc1ccc(CN2CCN(c3ccc(NSc4ccc(C)cc4)cc3)CC2(C)C)cc1OC. The number of benzene rings is 3. The Labute approximate surface area is 208 Å². The third-order valence-electron chi connectivity index (χ3n) is 6.44. The van der Waals surface area contributed by atoms with Crippen LogP contribution in [0.2, 0.25) is 0 Å². The Morgan fingerprint density at radius 2 is 1.59 bits per heavy atom. The molecule has 1 fully saturated rings. The lowest BCUT2D eigenvalue weighted by atomic mass is 9.97. The molecule has 0 radical (unpaired) electrons. The Morgan fingerprint density at radius 1 is 0.882 bits per heavy atom. The summed E-state index contributed by atoms with van der Waals surface area (Å²) in [5.74, 6) is 1.55. The van der Waals surface area contributed by atoms with Crippen LogP contribution in [0.5, 0.6) is 11.5 Å². The number of rotatable bonds is 8. The molecular formula is C28H35N3O2S. The van der Waals surface area contributed by atoms with Crippen LogP contribution in [0.4, 0.5) is 11.4 Å². The lowest BCUT2D eigenvalue weighted by molar-refractivity contribution is 0.0962. The molecule has 4 rings (SSSR count). The zero-order valence-electron chi connectivity index (χ0n) is 20.8. The predicted octanol–water partition coefficient (Wildman–Crippen LogP) is 6.23. The maximum Gasteiger partial charge on any atom is 0.161 e. The molecule has 1 N–H and O–H groups in total. The lowest BCUT2D eigenvalue weighted by Crippen LogP contribution is -2.58. The Kier molecular flexibility index (Phi) is 7.59. The molecule has 1 aliphatic heterocycles. The fraction of sp³-hybridized carbons (Fsp3) is 0.357. The van der Waals surface area contributed by atoms with Crippen LogP contribution in [-0.4, -0.2) is 44.3 Å². The van der Waals surface area contributed by atoms with Crippen molar-refractivity contribution in [2.45, 2.75) is 37.8 Å². The van der Waals surface area contributed by atoms with Gasteiger partial charge in [-0.15, -0.1) is 0 Å². The van der Waals surface area contributed by atoms with Gasteiger partial charge < -0.3 is 19.1 Å². The van der Waals surface area contributed by atoms with E-state index in [9.17, 15) is 0 Å². The van der Waals surface area contributed by atoms with Gasteiger partial charge in [0.25, 0.3) is 0 Å². The maximum atomic E-state index is 5.49. The minimum Gasteiger partial charge on any atom is -0.493 e. The quantitative estimate of drug-likeness (QED) is 0.388. The minimum absolute atomic E-state index is 0.0453. The van der Waals surface area contributed by atoms with Crippen molar-refractivity contribution in [1.29, 1.82) is 0 Å². The number of nitrogens with one attached hydrogen (secondary N) is 1. The van der Waals surface area contributed by atoms with Gasteiger partial charge in [-0.05, 0) is 86.8 Å². The molecule has 1 saturated heterocycles. The zero-order valence-corrected chi connectivity index (χ0v) is 21.6. The molecule has 0 atom stereocenters. The first-order valence-corrected chi connectivity index (χ1v) is 12.5. The Hall–Kier alpha value is -2.83. The summed E-state index contributed by atoms with van der Waals surface area (Å²) in [6.07, 6.45) is 0. The molecule has 180 valence electrons. The van der Waals surface area contributed by atoms with Crippen molar-refractivity contribution in [3.8, 4) is 11.5 Å². The van der Waals surface area contributed by atoms with Gasteiger partial charge in [-0.25, -0.2) is 0 Å². The number of aryl methyl sites for hydroxylation is 1. The van der Waals surface area contributed by atoms with Gasteiger partial charge >= 0.3 is 0 Å². The fourth-order valence-electron chi connectivity index (χ4n) is 4.37. The second kappa shape index (κ2) is 10.6. The minimum atomic E-state index is 0.0453. The molecule has 0 unspecified atom stereocenters. The van der Waals surface area contributed by atoms with E-state index in [1.54, 1.807) is 26.2 Å². The van der Waals surface area contributed by atoms with Gasteiger partial charge in [-0.1, -0.05) is 23.8 Å². The average Bonchev–Trinajstić information content (AvgIpc) is 2.85. The summed E-state index contributed by atoms with van der Waals surface area (Å²) < 4.78 is 14.3. The summed E-state index contributed by atoms with van der Waals surface area (Å²) in [5.41, 5.74) is 4.94. The lowest BCUT2D eigenvalue weighted by Gasteiger charge is -2.48. The zero-order chi connectivity index (χ0) is 24.1. The summed E-state index contributed by atoms with van der Waals surface area (Å²) in [6.45, 7) is 10.6. The van der Waals surface area contributed by atoms with E-state index in [0.717, 1.165) is 43.4 Å². The van der Waals surface area contributed by atoms with Crippen LogP contribution in [0, 0.1) is 6.92 Å². The highest BCUT2D eigenvalue weighted by molar-refractivity contribution is 8.00. The smallest absolute Gasteiger partial charge is 0.161 e. The fourth-order valence-corrected chi connectivity index (χ4v) is 5.01. The number of nitrogens with zero attached hydrogens (tertiary/aromatic N) is 2. The first-order valence-electron chi connectivity index (χ1n) is 11.7. The van der Waals surface area contributed by atoms with Gasteiger partial charge in [0.15, 0.2) is 11.5 Å². The van der Waals surface area contributed by atoms with Crippen molar-refractivity contribution in [2.24, 2.45) is 0 Å². The van der Waals surface area contributed by atoms with Crippen LogP contribution in [-0.2, 0) is 6.54 Å². The van der Waals surface area contributed by atoms with Crippen molar-refractivity contribution >= 4 is 23.3 Å². The van der Waals surface area contributed by atoms with Crippen LogP contribution in [0.25, 0.3) is 0 Å². The normalized spacial score (nSPS) is 15.7. The van der Waals surface area contributed by atoms with Crippen molar-refractivity contribution in [3.63, 3.8) is 0 Å². The standard InChI is InChI=1S/C28H35N3O2S/c1-21-6-13-25(14-7-21)34-29-23-9-11-24(12-10-23)30-16-17-31(28(2,3)20-30)19-22-8-15-26(32-4)27(18-22)33-5/h6-15,18,29H,16-17,19-20H2,1-5H3. The van der Waals surface area contributed by atoms with E-state index in [2.05, 4.69) is 96.0 Å². The summed E-state index contributed by atoms with van der Waals surface area (Å²) in [5, 5.41) is 0. The third-order valence-corrected chi connectivity index (χ3v) is 7.28. The van der Waals surface area contributed by atoms with Crippen molar-refractivity contribution < 1.29 is 9.47 Å². The van der Waals surface area contributed by atoms with Gasteiger partial charge in [0.05, 0.1) is 14.2 Å². The van der Waals surface area contributed by atoms with Gasteiger partial charge in [0, 0.05) is 48.0 Å².